The quantitative estimate of drug-likeness (QED) is 0.791. The van der Waals surface area contributed by atoms with Gasteiger partial charge in [0.25, 0.3) is 0 Å². The predicted octanol–water partition coefficient (Wildman–Crippen LogP) is 0.792. The zero-order valence-electron chi connectivity index (χ0n) is 14.7. The number of rotatable bonds is 3. The maximum atomic E-state index is 13.0. The molecule has 1 aromatic heterocycles. The minimum atomic E-state index is -3.19. The van der Waals surface area contributed by atoms with Crippen LogP contribution < -0.4 is 4.90 Å². The van der Waals surface area contributed by atoms with E-state index in [2.05, 4.69) is 9.88 Å². The van der Waals surface area contributed by atoms with Crippen molar-refractivity contribution in [2.24, 2.45) is 5.92 Å². The van der Waals surface area contributed by atoms with Crippen LogP contribution in [0.25, 0.3) is 0 Å². The number of amides is 1. The van der Waals surface area contributed by atoms with Crippen LogP contribution in [0, 0.1) is 5.92 Å². The molecule has 0 aromatic carbocycles. The van der Waals surface area contributed by atoms with E-state index in [9.17, 15) is 13.2 Å². The van der Waals surface area contributed by atoms with Crippen molar-refractivity contribution in [1.29, 1.82) is 0 Å². The van der Waals surface area contributed by atoms with Crippen molar-refractivity contribution in [1.82, 2.24) is 14.2 Å². The first-order chi connectivity index (χ1) is 11.9. The second kappa shape index (κ2) is 7.70. The van der Waals surface area contributed by atoms with Gasteiger partial charge in [0.2, 0.25) is 15.9 Å². The molecule has 25 heavy (non-hydrogen) atoms. The highest BCUT2D eigenvalue weighted by atomic mass is 32.2. The number of carbonyl (C=O) groups is 1. The number of hydrogen-bond acceptors (Lipinski definition) is 5. The van der Waals surface area contributed by atoms with Gasteiger partial charge in [0.05, 0.1) is 12.2 Å². The summed E-state index contributed by atoms with van der Waals surface area (Å²) in [5.74, 6) is 1.02. The number of pyridine rings is 1. The van der Waals surface area contributed by atoms with Gasteiger partial charge in [-0.2, -0.15) is 0 Å². The first-order valence-electron chi connectivity index (χ1n) is 8.85. The van der Waals surface area contributed by atoms with Crippen LogP contribution in [0.1, 0.15) is 19.3 Å². The van der Waals surface area contributed by atoms with Crippen molar-refractivity contribution in [3.05, 3.63) is 24.4 Å². The molecule has 2 saturated heterocycles. The largest absolute Gasteiger partial charge is 0.356 e. The van der Waals surface area contributed by atoms with E-state index in [0.29, 0.717) is 39.1 Å². The molecule has 0 bridgehead atoms. The van der Waals surface area contributed by atoms with E-state index in [0.717, 1.165) is 25.2 Å². The Morgan fingerprint density at radius 1 is 1.12 bits per heavy atom. The second-order valence-electron chi connectivity index (χ2n) is 6.81. The number of nitrogens with zero attached hydrogens (tertiary/aromatic N) is 4. The molecule has 8 heteroatoms. The van der Waals surface area contributed by atoms with Gasteiger partial charge in [-0.25, -0.2) is 17.7 Å². The maximum absolute atomic E-state index is 13.0. The molecular weight excluding hydrogens is 340 g/mol. The van der Waals surface area contributed by atoms with Gasteiger partial charge < -0.3 is 9.80 Å². The first-order valence-corrected chi connectivity index (χ1v) is 10.7. The molecule has 2 aliphatic heterocycles. The van der Waals surface area contributed by atoms with Gasteiger partial charge in [-0.15, -0.1) is 0 Å². The van der Waals surface area contributed by atoms with Crippen LogP contribution in [0.15, 0.2) is 24.4 Å². The summed E-state index contributed by atoms with van der Waals surface area (Å²) >= 11 is 0. The summed E-state index contributed by atoms with van der Waals surface area (Å²) < 4.78 is 24.9. The lowest BCUT2D eigenvalue weighted by atomic mass is 9.96. The molecule has 0 saturated carbocycles. The average Bonchev–Trinajstić information content (AvgIpc) is 2.88. The van der Waals surface area contributed by atoms with Crippen LogP contribution in [0.5, 0.6) is 0 Å². The first kappa shape index (κ1) is 18.1. The molecule has 3 heterocycles. The Bertz CT molecular complexity index is 695. The molecule has 0 spiro atoms. The Morgan fingerprint density at radius 2 is 1.96 bits per heavy atom. The van der Waals surface area contributed by atoms with Gasteiger partial charge in [0.15, 0.2) is 0 Å². The van der Waals surface area contributed by atoms with Crippen molar-refractivity contribution in [2.75, 3.05) is 50.4 Å². The molecule has 7 nitrogen and oxygen atoms in total. The molecular formula is C17H26N4O3S. The van der Waals surface area contributed by atoms with Gasteiger partial charge in [-0.1, -0.05) is 6.07 Å². The molecule has 1 atom stereocenters. The highest BCUT2D eigenvalue weighted by Crippen LogP contribution is 2.23. The van der Waals surface area contributed by atoms with Crippen LogP contribution in [0.2, 0.25) is 0 Å². The van der Waals surface area contributed by atoms with E-state index in [1.54, 1.807) is 6.20 Å². The average molecular weight is 366 g/mol. The third kappa shape index (κ3) is 4.49. The Balaban J connectivity index is 1.62. The van der Waals surface area contributed by atoms with Crippen molar-refractivity contribution < 1.29 is 13.2 Å². The Hall–Kier alpha value is -1.67. The van der Waals surface area contributed by atoms with E-state index in [4.69, 9.17) is 0 Å². The second-order valence-corrected chi connectivity index (χ2v) is 8.80. The molecule has 0 N–H and O–H groups in total. The monoisotopic (exact) mass is 366 g/mol. The fourth-order valence-corrected chi connectivity index (χ4v) is 4.51. The van der Waals surface area contributed by atoms with Gasteiger partial charge in [-0.3, -0.25) is 4.79 Å². The minimum Gasteiger partial charge on any atom is -0.356 e. The van der Waals surface area contributed by atoms with Crippen molar-refractivity contribution in [3.63, 3.8) is 0 Å². The minimum absolute atomic E-state index is 0.0412. The zero-order valence-corrected chi connectivity index (χ0v) is 15.5. The third-order valence-electron chi connectivity index (χ3n) is 4.98. The molecule has 1 amide bonds. The fourth-order valence-electron chi connectivity index (χ4n) is 3.63. The molecule has 138 valence electrons. The van der Waals surface area contributed by atoms with Crippen LogP contribution in [-0.4, -0.2) is 74.0 Å². The molecule has 2 aliphatic rings. The highest BCUT2D eigenvalue weighted by Gasteiger charge is 2.31. The number of piperidine rings is 1. The number of aromatic nitrogens is 1. The predicted molar refractivity (Wildman–Crippen MR) is 96.8 cm³/mol. The van der Waals surface area contributed by atoms with E-state index in [1.165, 1.54) is 10.6 Å². The normalized spacial score (nSPS) is 23.3. The Morgan fingerprint density at radius 3 is 2.68 bits per heavy atom. The lowest BCUT2D eigenvalue weighted by Gasteiger charge is -2.35. The van der Waals surface area contributed by atoms with Crippen LogP contribution >= 0.6 is 0 Å². The highest BCUT2D eigenvalue weighted by molar-refractivity contribution is 7.88. The van der Waals surface area contributed by atoms with Crippen molar-refractivity contribution >= 4 is 21.7 Å². The standard InChI is InChI=1S/C17H26N4O3S/c1-25(23,24)21-11-5-10-19(12-13-21)17(22)15-6-4-9-20(14-15)16-7-2-3-8-18-16/h2-3,7-8,15H,4-6,9-14H2,1H3/t15-/m1/s1. The smallest absolute Gasteiger partial charge is 0.227 e. The Kier molecular flexibility index (Phi) is 5.58. The van der Waals surface area contributed by atoms with E-state index in [-0.39, 0.29) is 11.8 Å². The SMILES string of the molecule is CS(=O)(=O)N1CCCN(C(=O)[C@@H]2CCCN(c3ccccn3)C2)CC1. The number of carbonyl (C=O) groups excluding carboxylic acids is 1. The summed E-state index contributed by atoms with van der Waals surface area (Å²) in [6.07, 6.45) is 5.55. The molecule has 1 aromatic rings. The molecule has 0 unspecified atom stereocenters. The summed E-state index contributed by atoms with van der Waals surface area (Å²) in [5, 5.41) is 0. The summed E-state index contributed by atoms with van der Waals surface area (Å²) in [6.45, 7) is 3.59. The summed E-state index contributed by atoms with van der Waals surface area (Å²) in [7, 11) is -3.19. The number of anilines is 1. The van der Waals surface area contributed by atoms with Gasteiger partial charge in [-0.05, 0) is 31.4 Å². The molecule has 3 rings (SSSR count). The van der Waals surface area contributed by atoms with Crippen LogP contribution in [0.3, 0.4) is 0 Å². The third-order valence-corrected chi connectivity index (χ3v) is 6.28. The lowest BCUT2D eigenvalue weighted by molar-refractivity contribution is -0.135. The Labute approximate surface area is 149 Å². The van der Waals surface area contributed by atoms with E-state index in [1.807, 2.05) is 23.1 Å². The molecule has 0 aliphatic carbocycles. The van der Waals surface area contributed by atoms with Gasteiger partial charge in [0.1, 0.15) is 5.82 Å². The summed E-state index contributed by atoms with van der Waals surface area (Å²) in [5.41, 5.74) is 0. The van der Waals surface area contributed by atoms with Crippen LogP contribution in [-0.2, 0) is 14.8 Å². The van der Waals surface area contributed by atoms with E-state index < -0.39 is 10.0 Å². The zero-order chi connectivity index (χ0) is 17.9. The summed E-state index contributed by atoms with van der Waals surface area (Å²) in [4.78, 5) is 21.4. The van der Waals surface area contributed by atoms with Gasteiger partial charge >= 0.3 is 0 Å². The fraction of sp³-hybridized carbons (Fsp3) is 0.647. The van der Waals surface area contributed by atoms with Crippen molar-refractivity contribution in [3.8, 4) is 0 Å². The van der Waals surface area contributed by atoms with Crippen LogP contribution in [0.4, 0.5) is 5.82 Å². The molecule has 0 radical (unpaired) electrons. The number of sulfonamides is 1. The number of hydrogen-bond donors (Lipinski definition) is 0. The lowest BCUT2D eigenvalue weighted by Crippen LogP contribution is -2.46. The van der Waals surface area contributed by atoms with Gasteiger partial charge in [0, 0.05) is 45.5 Å². The topological polar surface area (TPSA) is 73.8 Å². The summed E-state index contributed by atoms with van der Waals surface area (Å²) in [6, 6.07) is 5.83. The van der Waals surface area contributed by atoms with Crippen molar-refractivity contribution in [2.45, 2.75) is 19.3 Å². The van der Waals surface area contributed by atoms with E-state index >= 15 is 0 Å². The molecule has 2 fully saturated rings. The maximum Gasteiger partial charge on any atom is 0.227 e.